The number of hydrogen-bond donors (Lipinski definition) is 1. The fourth-order valence-electron chi connectivity index (χ4n) is 3.31. The molecule has 4 unspecified atom stereocenters. The van der Waals surface area contributed by atoms with Crippen molar-refractivity contribution in [2.75, 3.05) is 7.05 Å². The summed E-state index contributed by atoms with van der Waals surface area (Å²) in [5.41, 5.74) is 1.18. The Kier molecular flexibility index (Phi) is 3.12. The van der Waals surface area contributed by atoms with Crippen LogP contribution in [0.3, 0.4) is 0 Å². The summed E-state index contributed by atoms with van der Waals surface area (Å²) < 4.78 is 5.94. The van der Waals surface area contributed by atoms with Crippen LogP contribution in [-0.2, 0) is 11.2 Å². The number of rotatable bonds is 4. The Morgan fingerprint density at radius 3 is 3.00 bits per heavy atom. The summed E-state index contributed by atoms with van der Waals surface area (Å²) in [6.45, 7) is 0. The van der Waals surface area contributed by atoms with Crippen molar-refractivity contribution in [3.8, 4) is 0 Å². The maximum atomic E-state index is 5.94. The molecular weight excluding hydrogens is 212 g/mol. The molecule has 1 aromatic rings. The maximum absolute atomic E-state index is 5.94. The molecule has 0 radical (unpaired) electrons. The molecule has 92 valence electrons. The van der Waals surface area contributed by atoms with Gasteiger partial charge in [0.05, 0.1) is 12.2 Å². The predicted octanol–water partition coefficient (Wildman–Crippen LogP) is 1.78. The number of likely N-dealkylation sites (N-methyl/N-ethyl adjacent to an activating group) is 1. The number of pyridine rings is 1. The smallest absolute Gasteiger partial charge is 0.0623 e. The minimum Gasteiger partial charge on any atom is -0.375 e. The Bertz CT molecular complexity index is 368. The second-order valence-electron chi connectivity index (χ2n) is 5.19. The molecule has 0 saturated carbocycles. The quantitative estimate of drug-likeness (QED) is 0.859. The summed E-state index contributed by atoms with van der Waals surface area (Å²) in [5, 5.41) is 3.46. The highest BCUT2D eigenvalue weighted by molar-refractivity contribution is 5.07. The lowest BCUT2D eigenvalue weighted by Gasteiger charge is -2.28. The fraction of sp³-hybridized carbons (Fsp3) is 0.643. The van der Waals surface area contributed by atoms with Crippen LogP contribution in [0.1, 0.15) is 25.0 Å². The maximum Gasteiger partial charge on any atom is 0.0623 e. The SMILES string of the molecule is CNC(Cc1ccccn1)C1CC2CCC1O2. The zero-order valence-corrected chi connectivity index (χ0v) is 10.3. The topological polar surface area (TPSA) is 34.2 Å². The van der Waals surface area contributed by atoms with Crippen LogP contribution in [0.4, 0.5) is 0 Å². The molecule has 2 aliphatic heterocycles. The average molecular weight is 232 g/mol. The van der Waals surface area contributed by atoms with E-state index in [4.69, 9.17) is 4.74 Å². The summed E-state index contributed by atoms with van der Waals surface area (Å²) in [5.74, 6) is 0.667. The van der Waals surface area contributed by atoms with E-state index in [0.29, 0.717) is 24.2 Å². The highest BCUT2D eigenvalue weighted by Crippen LogP contribution is 2.40. The fourth-order valence-corrected chi connectivity index (χ4v) is 3.31. The lowest BCUT2D eigenvalue weighted by Crippen LogP contribution is -2.40. The van der Waals surface area contributed by atoms with Gasteiger partial charge in [0.2, 0.25) is 0 Å². The number of hydrogen-bond acceptors (Lipinski definition) is 3. The number of fused-ring (bicyclic) bond motifs is 2. The Balaban J connectivity index is 1.68. The molecule has 3 nitrogen and oxygen atoms in total. The minimum atomic E-state index is 0.487. The van der Waals surface area contributed by atoms with Gasteiger partial charge < -0.3 is 10.1 Å². The first-order valence-corrected chi connectivity index (χ1v) is 6.59. The zero-order chi connectivity index (χ0) is 11.7. The Morgan fingerprint density at radius 1 is 1.47 bits per heavy atom. The molecule has 1 aromatic heterocycles. The van der Waals surface area contributed by atoms with E-state index >= 15 is 0 Å². The molecule has 2 saturated heterocycles. The van der Waals surface area contributed by atoms with Crippen molar-refractivity contribution in [1.29, 1.82) is 0 Å². The molecular formula is C14H20N2O. The van der Waals surface area contributed by atoms with Gasteiger partial charge in [0.15, 0.2) is 0 Å². The second-order valence-corrected chi connectivity index (χ2v) is 5.19. The third-order valence-corrected chi connectivity index (χ3v) is 4.20. The highest BCUT2D eigenvalue weighted by Gasteiger charge is 2.43. The second kappa shape index (κ2) is 4.75. The Morgan fingerprint density at radius 2 is 2.41 bits per heavy atom. The van der Waals surface area contributed by atoms with E-state index in [-0.39, 0.29) is 0 Å². The minimum absolute atomic E-state index is 0.487. The average Bonchev–Trinajstić information content (AvgIpc) is 2.99. The molecule has 2 fully saturated rings. The molecule has 17 heavy (non-hydrogen) atoms. The van der Waals surface area contributed by atoms with Crippen LogP contribution in [0.25, 0.3) is 0 Å². The predicted molar refractivity (Wildman–Crippen MR) is 66.8 cm³/mol. The van der Waals surface area contributed by atoms with Gasteiger partial charge in [-0.05, 0) is 38.4 Å². The van der Waals surface area contributed by atoms with Gasteiger partial charge in [-0.1, -0.05) is 6.07 Å². The third kappa shape index (κ3) is 2.22. The zero-order valence-electron chi connectivity index (χ0n) is 10.3. The van der Waals surface area contributed by atoms with E-state index in [1.165, 1.54) is 25.0 Å². The molecule has 2 aliphatic rings. The summed E-state index contributed by atoms with van der Waals surface area (Å²) in [6.07, 6.45) is 7.64. The lowest BCUT2D eigenvalue weighted by molar-refractivity contribution is 0.0862. The van der Waals surface area contributed by atoms with Crippen molar-refractivity contribution in [2.24, 2.45) is 5.92 Å². The van der Waals surface area contributed by atoms with Gasteiger partial charge in [0.1, 0.15) is 0 Å². The van der Waals surface area contributed by atoms with Gasteiger partial charge in [-0.2, -0.15) is 0 Å². The summed E-state index contributed by atoms with van der Waals surface area (Å²) in [7, 11) is 2.06. The van der Waals surface area contributed by atoms with Gasteiger partial charge in [-0.15, -0.1) is 0 Å². The summed E-state index contributed by atoms with van der Waals surface area (Å²) in [4.78, 5) is 4.42. The van der Waals surface area contributed by atoms with E-state index in [9.17, 15) is 0 Å². The van der Waals surface area contributed by atoms with Crippen LogP contribution >= 0.6 is 0 Å². The summed E-state index contributed by atoms with van der Waals surface area (Å²) in [6, 6.07) is 6.64. The van der Waals surface area contributed by atoms with Gasteiger partial charge in [-0.25, -0.2) is 0 Å². The molecule has 4 atom stereocenters. The molecule has 0 amide bonds. The van der Waals surface area contributed by atoms with Gasteiger partial charge in [-0.3, -0.25) is 4.98 Å². The van der Waals surface area contributed by atoms with Crippen molar-refractivity contribution in [1.82, 2.24) is 10.3 Å². The van der Waals surface area contributed by atoms with Crippen LogP contribution in [0, 0.1) is 5.92 Å². The molecule has 0 aromatic carbocycles. The standard InChI is InChI=1S/C14H20N2O/c1-15-13(8-10-4-2-3-7-16-10)12-9-11-5-6-14(12)17-11/h2-4,7,11-15H,5-6,8-9H2,1H3. The molecule has 3 rings (SSSR count). The Labute approximate surface area is 103 Å². The number of nitrogens with one attached hydrogen (secondary N) is 1. The number of aromatic nitrogens is 1. The van der Waals surface area contributed by atoms with Crippen LogP contribution in [-0.4, -0.2) is 30.3 Å². The van der Waals surface area contributed by atoms with Crippen LogP contribution in [0.2, 0.25) is 0 Å². The van der Waals surface area contributed by atoms with E-state index in [0.717, 1.165) is 6.42 Å². The van der Waals surface area contributed by atoms with Gasteiger partial charge >= 0.3 is 0 Å². The molecule has 2 bridgehead atoms. The Hall–Kier alpha value is -0.930. The third-order valence-electron chi connectivity index (χ3n) is 4.20. The number of nitrogens with zero attached hydrogens (tertiary/aromatic N) is 1. The van der Waals surface area contributed by atoms with Gasteiger partial charge in [0.25, 0.3) is 0 Å². The first kappa shape index (κ1) is 11.2. The highest BCUT2D eigenvalue weighted by atomic mass is 16.5. The van der Waals surface area contributed by atoms with Crippen molar-refractivity contribution >= 4 is 0 Å². The normalized spacial score (nSPS) is 32.9. The van der Waals surface area contributed by atoms with Gasteiger partial charge in [0, 0.05) is 30.3 Å². The van der Waals surface area contributed by atoms with Crippen molar-refractivity contribution in [3.05, 3.63) is 30.1 Å². The first-order chi connectivity index (χ1) is 8.36. The molecule has 1 N–H and O–H groups in total. The monoisotopic (exact) mass is 232 g/mol. The summed E-state index contributed by atoms with van der Waals surface area (Å²) >= 11 is 0. The van der Waals surface area contributed by atoms with E-state index < -0.39 is 0 Å². The van der Waals surface area contributed by atoms with E-state index in [1.54, 1.807) is 0 Å². The van der Waals surface area contributed by atoms with Crippen LogP contribution in [0.5, 0.6) is 0 Å². The largest absolute Gasteiger partial charge is 0.375 e. The molecule has 0 spiro atoms. The van der Waals surface area contributed by atoms with E-state index in [2.05, 4.69) is 29.5 Å². The first-order valence-electron chi connectivity index (χ1n) is 6.59. The van der Waals surface area contributed by atoms with Crippen molar-refractivity contribution in [2.45, 2.75) is 43.9 Å². The molecule has 0 aliphatic carbocycles. The van der Waals surface area contributed by atoms with Crippen molar-refractivity contribution < 1.29 is 4.74 Å². The van der Waals surface area contributed by atoms with Crippen molar-refractivity contribution in [3.63, 3.8) is 0 Å². The van der Waals surface area contributed by atoms with Crippen LogP contribution in [0.15, 0.2) is 24.4 Å². The lowest BCUT2D eigenvalue weighted by atomic mass is 9.82. The molecule has 3 heterocycles. The number of ether oxygens (including phenoxy) is 1. The van der Waals surface area contributed by atoms with E-state index in [1.807, 2.05) is 12.3 Å². The molecule has 3 heteroatoms. The van der Waals surface area contributed by atoms with Crippen LogP contribution < -0.4 is 5.32 Å².